The van der Waals surface area contributed by atoms with Gasteiger partial charge in [0.1, 0.15) is 5.82 Å². The first-order valence-corrected chi connectivity index (χ1v) is 7.00. The molecule has 0 aliphatic rings. The molecule has 1 N–H and O–H groups in total. The summed E-state index contributed by atoms with van der Waals surface area (Å²) in [4.78, 5) is 0. The maximum absolute atomic E-state index is 13.6. The maximum atomic E-state index is 13.6. The Balaban J connectivity index is 2.48. The number of nitrogens with one attached hydrogen (secondary N) is 1. The summed E-state index contributed by atoms with van der Waals surface area (Å²) in [5, 5.41) is 3.87. The van der Waals surface area contributed by atoms with E-state index in [4.69, 9.17) is 11.6 Å². The molecule has 0 fully saturated rings. The minimum Gasteiger partial charge on any atom is -0.312 e. The van der Waals surface area contributed by atoms with Crippen LogP contribution in [0.2, 0.25) is 5.02 Å². The Labute approximate surface area is 120 Å². The van der Waals surface area contributed by atoms with Gasteiger partial charge in [-0.2, -0.15) is 0 Å². The van der Waals surface area contributed by atoms with E-state index in [9.17, 15) is 4.39 Å². The molecule has 106 valence electrons. The number of hydrogen-bond acceptors (Lipinski definition) is 1. The number of benzene rings is 1. The van der Waals surface area contributed by atoms with Crippen molar-refractivity contribution in [3.63, 3.8) is 0 Å². The highest BCUT2D eigenvalue weighted by atomic mass is 35.5. The molecule has 0 atom stereocenters. The first kappa shape index (κ1) is 16.2. The Morgan fingerprint density at radius 1 is 1.37 bits per heavy atom. The standard InChI is InChI=1S/C16H23ClFN/c1-12(6-5-9-19-16(2,3)4)10-13-7-8-14(17)11-15(13)18/h6-8,11,19H,5,9-10H2,1-4H3/b12-6-. The Hall–Kier alpha value is -0.860. The molecule has 0 bridgehead atoms. The maximum Gasteiger partial charge on any atom is 0.128 e. The fourth-order valence-electron chi connectivity index (χ4n) is 1.80. The molecule has 0 spiro atoms. The first-order chi connectivity index (χ1) is 8.78. The van der Waals surface area contributed by atoms with Crippen LogP contribution in [0.4, 0.5) is 4.39 Å². The molecular weight excluding hydrogens is 261 g/mol. The third-order valence-corrected chi connectivity index (χ3v) is 3.01. The lowest BCUT2D eigenvalue weighted by molar-refractivity contribution is 0.431. The Morgan fingerprint density at radius 3 is 2.63 bits per heavy atom. The zero-order chi connectivity index (χ0) is 14.5. The predicted molar refractivity (Wildman–Crippen MR) is 81.2 cm³/mol. The Morgan fingerprint density at radius 2 is 2.05 bits per heavy atom. The van der Waals surface area contributed by atoms with Crippen LogP contribution in [0.1, 0.15) is 39.7 Å². The topological polar surface area (TPSA) is 12.0 Å². The molecular formula is C16H23ClFN. The van der Waals surface area contributed by atoms with E-state index in [2.05, 4.69) is 32.2 Å². The average Bonchev–Trinajstić information content (AvgIpc) is 2.27. The van der Waals surface area contributed by atoms with Gasteiger partial charge >= 0.3 is 0 Å². The van der Waals surface area contributed by atoms with Crippen LogP contribution in [0.15, 0.2) is 29.8 Å². The Bertz CT molecular complexity index is 447. The van der Waals surface area contributed by atoms with Gasteiger partial charge in [0.05, 0.1) is 0 Å². The molecule has 1 aromatic rings. The lowest BCUT2D eigenvalue weighted by Gasteiger charge is -2.19. The second-order valence-corrected chi connectivity index (χ2v) is 6.36. The van der Waals surface area contributed by atoms with Gasteiger partial charge in [0.25, 0.3) is 0 Å². The Kier molecular flexibility index (Phi) is 6.02. The normalized spacial score (nSPS) is 12.8. The first-order valence-electron chi connectivity index (χ1n) is 6.62. The van der Waals surface area contributed by atoms with Crippen LogP contribution < -0.4 is 5.32 Å². The van der Waals surface area contributed by atoms with Crippen LogP contribution in [-0.2, 0) is 6.42 Å². The van der Waals surface area contributed by atoms with Crippen LogP contribution in [0, 0.1) is 5.82 Å². The second kappa shape index (κ2) is 7.06. The lowest BCUT2D eigenvalue weighted by atomic mass is 10.0. The minimum atomic E-state index is -0.229. The number of halogens is 2. The molecule has 0 aliphatic carbocycles. The van der Waals surface area contributed by atoms with Gasteiger partial charge in [-0.3, -0.25) is 0 Å². The van der Waals surface area contributed by atoms with E-state index < -0.39 is 0 Å². The van der Waals surface area contributed by atoms with Crippen LogP contribution in [0.5, 0.6) is 0 Å². The summed E-state index contributed by atoms with van der Waals surface area (Å²) >= 11 is 5.74. The third kappa shape index (κ3) is 6.74. The molecule has 0 radical (unpaired) electrons. The van der Waals surface area contributed by atoms with Crippen molar-refractivity contribution in [3.8, 4) is 0 Å². The zero-order valence-electron chi connectivity index (χ0n) is 12.2. The van der Waals surface area contributed by atoms with E-state index in [0.29, 0.717) is 17.0 Å². The van der Waals surface area contributed by atoms with Gasteiger partial charge in [0.15, 0.2) is 0 Å². The van der Waals surface area contributed by atoms with E-state index in [1.54, 1.807) is 12.1 Å². The van der Waals surface area contributed by atoms with E-state index in [1.807, 2.05) is 6.92 Å². The molecule has 0 saturated carbocycles. The van der Waals surface area contributed by atoms with Crippen LogP contribution in [0.25, 0.3) is 0 Å². The van der Waals surface area contributed by atoms with E-state index in [0.717, 1.165) is 13.0 Å². The lowest BCUT2D eigenvalue weighted by Crippen LogP contribution is -2.36. The van der Waals surface area contributed by atoms with E-state index in [-0.39, 0.29) is 11.4 Å². The predicted octanol–water partition coefficient (Wildman–Crippen LogP) is 4.75. The summed E-state index contributed by atoms with van der Waals surface area (Å²) in [6, 6.07) is 4.85. The number of allylic oxidation sites excluding steroid dienone is 1. The average molecular weight is 284 g/mol. The van der Waals surface area contributed by atoms with Crippen LogP contribution in [0.3, 0.4) is 0 Å². The van der Waals surface area contributed by atoms with Crippen molar-refractivity contribution in [2.75, 3.05) is 6.54 Å². The molecule has 0 heterocycles. The molecule has 0 aliphatic heterocycles. The van der Waals surface area contributed by atoms with Gasteiger partial charge in [-0.15, -0.1) is 0 Å². The van der Waals surface area contributed by atoms with Gasteiger partial charge in [-0.1, -0.05) is 29.3 Å². The van der Waals surface area contributed by atoms with Crippen molar-refractivity contribution in [2.45, 2.75) is 46.1 Å². The van der Waals surface area contributed by atoms with Crippen molar-refractivity contribution in [1.82, 2.24) is 5.32 Å². The SMILES string of the molecule is C/C(=C/CCNC(C)(C)C)Cc1ccc(Cl)cc1F. The summed E-state index contributed by atoms with van der Waals surface area (Å²) in [5.41, 5.74) is 2.02. The molecule has 0 aromatic heterocycles. The van der Waals surface area contributed by atoms with Gasteiger partial charge in [0, 0.05) is 10.6 Å². The fraction of sp³-hybridized carbons (Fsp3) is 0.500. The van der Waals surface area contributed by atoms with E-state index in [1.165, 1.54) is 11.6 Å². The summed E-state index contributed by atoms with van der Waals surface area (Å²) in [7, 11) is 0. The van der Waals surface area contributed by atoms with Gasteiger partial charge in [0.2, 0.25) is 0 Å². The van der Waals surface area contributed by atoms with Crippen molar-refractivity contribution >= 4 is 11.6 Å². The smallest absolute Gasteiger partial charge is 0.128 e. The molecule has 0 amide bonds. The van der Waals surface area contributed by atoms with Crippen molar-refractivity contribution in [3.05, 3.63) is 46.3 Å². The zero-order valence-corrected chi connectivity index (χ0v) is 12.9. The quantitative estimate of drug-likeness (QED) is 0.608. The summed E-state index contributed by atoms with van der Waals surface area (Å²) < 4.78 is 13.6. The van der Waals surface area contributed by atoms with Crippen LogP contribution >= 0.6 is 11.6 Å². The van der Waals surface area contributed by atoms with Gasteiger partial charge in [-0.05, 0) is 64.8 Å². The van der Waals surface area contributed by atoms with E-state index >= 15 is 0 Å². The highest BCUT2D eigenvalue weighted by molar-refractivity contribution is 6.30. The molecule has 19 heavy (non-hydrogen) atoms. The number of rotatable bonds is 5. The summed E-state index contributed by atoms with van der Waals surface area (Å²) in [6.07, 6.45) is 3.75. The molecule has 1 rings (SSSR count). The third-order valence-electron chi connectivity index (χ3n) is 2.78. The van der Waals surface area contributed by atoms with Crippen molar-refractivity contribution in [2.24, 2.45) is 0 Å². The summed E-state index contributed by atoms with van der Waals surface area (Å²) in [6.45, 7) is 9.40. The molecule has 0 unspecified atom stereocenters. The highest BCUT2D eigenvalue weighted by Gasteiger charge is 2.07. The van der Waals surface area contributed by atoms with Crippen LogP contribution in [-0.4, -0.2) is 12.1 Å². The fourth-order valence-corrected chi connectivity index (χ4v) is 1.96. The second-order valence-electron chi connectivity index (χ2n) is 5.93. The van der Waals surface area contributed by atoms with Crippen molar-refractivity contribution < 1.29 is 4.39 Å². The summed E-state index contributed by atoms with van der Waals surface area (Å²) in [5.74, 6) is -0.229. The largest absolute Gasteiger partial charge is 0.312 e. The van der Waals surface area contributed by atoms with Gasteiger partial charge < -0.3 is 5.32 Å². The molecule has 1 aromatic carbocycles. The monoisotopic (exact) mass is 283 g/mol. The highest BCUT2D eigenvalue weighted by Crippen LogP contribution is 2.17. The molecule has 0 saturated heterocycles. The molecule has 3 heteroatoms. The molecule has 1 nitrogen and oxygen atoms in total. The number of hydrogen-bond donors (Lipinski definition) is 1. The minimum absolute atomic E-state index is 0.143. The van der Waals surface area contributed by atoms with Gasteiger partial charge in [-0.25, -0.2) is 4.39 Å². The van der Waals surface area contributed by atoms with Crippen molar-refractivity contribution in [1.29, 1.82) is 0 Å².